The molecule has 0 aliphatic rings. The van der Waals surface area contributed by atoms with E-state index in [0.29, 0.717) is 6.54 Å². The molecule has 3 amide bonds. The highest BCUT2D eigenvalue weighted by Gasteiger charge is 2.34. The smallest absolute Gasteiger partial charge is 0.408 e. The van der Waals surface area contributed by atoms with E-state index in [2.05, 4.69) is 17.6 Å². The Balaban J connectivity index is 3.33. The third-order valence-electron chi connectivity index (χ3n) is 5.44. The van der Waals surface area contributed by atoms with E-state index in [-0.39, 0.29) is 17.9 Å². The van der Waals surface area contributed by atoms with Gasteiger partial charge in [0.1, 0.15) is 17.7 Å². The van der Waals surface area contributed by atoms with Crippen LogP contribution in [0.5, 0.6) is 0 Å². The van der Waals surface area contributed by atoms with Crippen LogP contribution in [0.1, 0.15) is 103 Å². The van der Waals surface area contributed by atoms with E-state index < -0.39 is 23.8 Å². The fourth-order valence-corrected chi connectivity index (χ4v) is 4.05. The Morgan fingerprint density at radius 1 is 0.914 bits per heavy atom. The van der Waals surface area contributed by atoms with Gasteiger partial charge in [0.05, 0.1) is 0 Å². The van der Waals surface area contributed by atoms with Crippen LogP contribution in [0, 0.1) is 13.8 Å². The molecule has 0 saturated carbocycles. The lowest BCUT2D eigenvalue weighted by Crippen LogP contribution is -2.52. The maximum atomic E-state index is 13.7. The van der Waals surface area contributed by atoms with Gasteiger partial charge in [-0.1, -0.05) is 61.9 Å². The van der Waals surface area contributed by atoms with Gasteiger partial charge in [0.25, 0.3) is 0 Å². The second-order valence-electron chi connectivity index (χ2n) is 10.8. The molecule has 0 aliphatic carbocycles. The Morgan fingerprint density at radius 2 is 1.49 bits per heavy atom. The minimum absolute atomic E-state index is 0.0743. The van der Waals surface area contributed by atoms with Crippen LogP contribution >= 0.6 is 0 Å². The largest absolute Gasteiger partial charge is 0.444 e. The van der Waals surface area contributed by atoms with Gasteiger partial charge in [0, 0.05) is 12.6 Å². The van der Waals surface area contributed by atoms with E-state index in [0.717, 1.165) is 48.8 Å². The van der Waals surface area contributed by atoms with Gasteiger partial charge in [-0.3, -0.25) is 9.59 Å². The second-order valence-corrected chi connectivity index (χ2v) is 10.8. The third-order valence-corrected chi connectivity index (χ3v) is 5.44. The zero-order valence-corrected chi connectivity index (χ0v) is 23.3. The summed E-state index contributed by atoms with van der Waals surface area (Å²) in [6.07, 6.45) is 4.44. The SMILES string of the molecule is CCCCCCCN(C(=O)C(C)NC(=O)OC(C)(C)C)C(C(=O)NC(C)C)c1cc(C)cc(C)c1. The summed E-state index contributed by atoms with van der Waals surface area (Å²) in [5.41, 5.74) is 2.15. The summed E-state index contributed by atoms with van der Waals surface area (Å²) in [4.78, 5) is 41.2. The van der Waals surface area contributed by atoms with Gasteiger partial charge in [-0.2, -0.15) is 0 Å². The molecule has 35 heavy (non-hydrogen) atoms. The van der Waals surface area contributed by atoms with E-state index in [9.17, 15) is 14.4 Å². The van der Waals surface area contributed by atoms with Crippen molar-refractivity contribution in [3.63, 3.8) is 0 Å². The summed E-state index contributed by atoms with van der Waals surface area (Å²) in [6, 6.07) is 4.25. The van der Waals surface area contributed by atoms with Gasteiger partial charge in [-0.25, -0.2) is 4.79 Å². The molecule has 7 heteroatoms. The summed E-state index contributed by atoms with van der Waals surface area (Å²) in [5, 5.41) is 5.64. The zero-order valence-electron chi connectivity index (χ0n) is 23.3. The molecule has 1 aromatic carbocycles. The second kappa shape index (κ2) is 14.1. The lowest BCUT2D eigenvalue weighted by molar-refractivity contribution is -0.142. The quantitative estimate of drug-likeness (QED) is 0.375. The van der Waals surface area contributed by atoms with Crippen LogP contribution in [0.25, 0.3) is 0 Å². The van der Waals surface area contributed by atoms with Gasteiger partial charge < -0.3 is 20.3 Å². The van der Waals surface area contributed by atoms with Crippen molar-refractivity contribution in [1.29, 1.82) is 0 Å². The molecule has 2 N–H and O–H groups in total. The molecule has 0 spiro atoms. The highest BCUT2D eigenvalue weighted by molar-refractivity contribution is 5.92. The van der Waals surface area contributed by atoms with Gasteiger partial charge in [-0.15, -0.1) is 0 Å². The predicted molar refractivity (Wildman–Crippen MR) is 141 cm³/mol. The summed E-state index contributed by atoms with van der Waals surface area (Å²) in [5.74, 6) is -0.536. The standard InChI is InChI=1S/C28H47N3O4/c1-10-11-12-13-14-15-31(26(33)22(6)30-27(34)35-28(7,8)9)24(25(32)29-19(2)3)23-17-20(4)16-21(5)18-23/h16-19,22,24H,10-15H2,1-9H3,(H,29,32)(H,30,34). The molecular formula is C28H47N3O4. The summed E-state index contributed by atoms with van der Waals surface area (Å²) >= 11 is 0. The number of nitrogens with zero attached hydrogens (tertiary/aromatic N) is 1. The highest BCUT2D eigenvalue weighted by atomic mass is 16.6. The van der Waals surface area contributed by atoms with Crippen molar-refractivity contribution in [2.45, 2.75) is 118 Å². The Hall–Kier alpha value is -2.57. The number of amides is 3. The number of benzene rings is 1. The van der Waals surface area contributed by atoms with Crippen LogP contribution in [0.4, 0.5) is 4.79 Å². The van der Waals surface area contributed by atoms with Crippen LogP contribution in [0.2, 0.25) is 0 Å². The zero-order chi connectivity index (χ0) is 26.8. The van der Waals surface area contributed by atoms with Crippen molar-refractivity contribution in [3.05, 3.63) is 34.9 Å². The first-order valence-electron chi connectivity index (χ1n) is 12.9. The predicted octanol–water partition coefficient (Wildman–Crippen LogP) is 5.58. The van der Waals surface area contributed by atoms with Crippen molar-refractivity contribution >= 4 is 17.9 Å². The molecule has 198 valence electrons. The van der Waals surface area contributed by atoms with E-state index in [1.165, 1.54) is 0 Å². The van der Waals surface area contributed by atoms with Crippen molar-refractivity contribution in [3.8, 4) is 0 Å². The molecule has 0 bridgehead atoms. The average molecular weight is 490 g/mol. The molecule has 2 unspecified atom stereocenters. The van der Waals surface area contributed by atoms with Crippen LogP contribution < -0.4 is 10.6 Å². The maximum absolute atomic E-state index is 13.7. The highest BCUT2D eigenvalue weighted by Crippen LogP contribution is 2.26. The molecule has 2 atom stereocenters. The molecule has 0 saturated heterocycles. The monoisotopic (exact) mass is 489 g/mol. The minimum Gasteiger partial charge on any atom is -0.444 e. The molecule has 1 aromatic rings. The van der Waals surface area contributed by atoms with E-state index in [1.54, 1.807) is 32.6 Å². The molecule has 0 heterocycles. The average Bonchev–Trinajstić information content (AvgIpc) is 2.69. The molecule has 1 rings (SSSR count). The van der Waals surface area contributed by atoms with Crippen LogP contribution in [0.15, 0.2) is 18.2 Å². The number of hydrogen-bond donors (Lipinski definition) is 2. The number of nitrogens with one attached hydrogen (secondary N) is 2. The van der Waals surface area contributed by atoms with Crippen molar-refractivity contribution in [2.75, 3.05) is 6.54 Å². The lowest BCUT2D eigenvalue weighted by atomic mass is 9.98. The van der Waals surface area contributed by atoms with Crippen LogP contribution in [0.3, 0.4) is 0 Å². The Bertz CT molecular complexity index is 825. The Morgan fingerprint density at radius 3 is 2.00 bits per heavy atom. The Kier molecular flexibility index (Phi) is 12.3. The fraction of sp³-hybridized carbons (Fsp3) is 0.679. The lowest BCUT2D eigenvalue weighted by Gasteiger charge is -2.34. The number of carbonyl (C=O) groups excluding carboxylic acids is 3. The van der Waals surface area contributed by atoms with Crippen molar-refractivity contribution in [1.82, 2.24) is 15.5 Å². The summed E-state index contributed by atoms with van der Waals surface area (Å²) in [7, 11) is 0. The van der Waals surface area contributed by atoms with Crippen LogP contribution in [-0.4, -0.2) is 47.0 Å². The first-order chi connectivity index (χ1) is 16.2. The van der Waals surface area contributed by atoms with Gasteiger partial charge >= 0.3 is 6.09 Å². The third kappa shape index (κ3) is 11.1. The van der Waals surface area contributed by atoms with Gasteiger partial charge in [0.15, 0.2) is 0 Å². The summed E-state index contributed by atoms with van der Waals surface area (Å²) in [6.45, 7) is 17.3. The number of alkyl carbamates (subject to hydrolysis) is 1. The number of unbranched alkanes of at least 4 members (excludes halogenated alkanes) is 4. The molecule has 0 aliphatic heterocycles. The maximum Gasteiger partial charge on any atom is 0.408 e. The number of aryl methyl sites for hydroxylation is 2. The number of rotatable bonds is 12. The van der Waals surface area contributed by atoms with E-state index >= 15 is 0 Å². The van der Waals surface area contributed by atoms with Crippen molar-refractivity contribution < 1.29 is 19.1 Å². The van der Waals surface area contributed by atoms with Gasteiger partial charge in [-0.05, 0) is 67.4 Å². The first kappa shape index (κ1) is 30.5. The summed E-state index contributed by atoms with van der Waals surface area (Å²) < 4.78 is 5.34. The minimum atomic E-state index is -0.847. The Labute approximate surface area is 212 Å². The van der Waals surface area contributed by atoms with Crippen LogP contribution in [-0.2, 0) is 14.3 Å². The normalized spacial score (nSPS) is 13.2. The van der Waals surface area contributed by atoms with E-state index in [4.69, 9.17) is 4.74 Å². The molecule has 0 aromatic heterocycles. The van der Waals surface area contributed by atoms with Gasteiger partial charge in [0.2, 0.25) is 11.8 Å². The first-order valence-corrected chi connectivity index (χ1v) is 12.9. The fourth-order valence-electron chi connectivity index (χ4n) is 4.05. The number of ether oxygens (including phenoxy) is 1. The molecule has 7 nitrogen and oxygen atoms in total. The topological polar surface area (TPSA) is 87.7 Å². The molecule has 0 fully saturated rings. The van der Waals surface area contributed by atoms with E-state index in [1.807, 2.05) is 45.9 Å². The number of carbonyl (C=O) groups is 3. The number of hydrogen-bond acceptors (Lipinski definition) is 4. The molecule has 0 radical (unpaired) electrons. The molecular weight excluding hydrogens is 442 g/mol. The van der Waals surface area contributed by atoms with Crippen molar-refractivity contribution in [2.24, 2.45) is 0 Å².